The number of benzene rings is 2. The molecule has 0 fully saturated rings. The fraction of sp³-hybridized carbons (Fsp3) is 0.350. The molecule has 0 aliphatic carbocycles. The van der Waals surface area contributed by atoms with Crippen LogP contribution in [0.25, 0.3) is 0 Å². The summed E-state index contributed by atoms with van der Waals surface area (Å²) in [6.45, 7) is 5.53. The largest absolute Gasteiger partial charge is 0.495 e. The summed E-state index contributed by atoms with van der Waals surface area (Å²) in [6, 6.07) is 12.5. The number of nitrogens with zero attached hydrogens (tertiary/aromatic N) is 1. The Hall–Kier alpha value is -2.54. The highest BCUT2D eigenvalue weighted by Crippen LogP contribution is 2.29. The van der Waals surface area contributed by atoms with E-state index in [2.05, 4.69) is 5.32 Å². The van der Waals surface area contributed by atoms with Crippen LogP contribution in [0.5, 0.6) is 5.75 Å². The van der Waals surface area contributed by atoms with Crippen LogP contribution in [0.1, 0.15) is 29.7 Å². The maximum absolute atomic E-state index is 12.6. The summed E-state index contributed by atoms with van der Waals surface area (Å²) in [7, 11) is -2.21. The van der Waals surface area contributed by atoms with Crippen LogP contribution in [0.15, 0.2) is 42.5 Å². The molecule has 0 bridgehead atoms. The number of aryl methyl sites for hydroxylation is 2. The van der Waals surface area contributed by atoms with Gasteiger partial charge in [-0.1, -0.05) is 35.9 Å². The summed E-state index contributed by atoms with van der Waals surface area (Å²) in [5.41, 5.74) is 3.50. The molecule has 2 rings (SSSR count). The number of hydrogen-bond acceptors (Lipinski definition) is 4. The predicted octanol–water partition coefficient (Wildman–Crippen LogP) is 2.96. The van der Waals surface area contributed by atoms with Gasteiger partial charge in [0.25, 0.3) is 0 Å². The van der Waals surface area contributed by atoms with Crippen molar-refractivity contribution in [1.29, 1.82) is 0 Å². The average Bonchev–Trinajstić information content (AvgIpc) is 2.60. The van der Waals surface area contributed by atoms with Crippen LogP contribution in [0.2, 0.25) is 0 Å². The maximum atomic E-state index is 12.6. The van der Waals surface area contributed by atoms with E-state index in [9.17, 15) is 13.2 Å². The molecule has 146 valence electrons. The van der Waals surface area contributed by atoms with Gasteiger partial charge in [0.05, 0.1) is 25.1 Å². The molecule has 27 heavy (non-hydrogen) atoms. The lowest BCUT2D eigenvalue weighted by molar-refractivity contribution is -0.120. The molecule has 1 amide bonds. The minimum Gasteiger partial charge on any atom is -0.495 e. The molecule has 0 saturated heterocycles. The number of sulfonamides is 1. The summed E-state index contributed by atoms with van der Waals surface area (Å²) in [6.07, 6.45) is 1.07. The molecule has 1 N–H and O–H groups in total. The van der Waals surface area contributed by atoms with E-state index in [4.69, 9.17) is 4.74 Å². The van der Waals surface area contributed by atoms with Crippen molar-refractivity contribution in [2.24, 2.45) is 0 Å². The number of carbonyl (C=O) groups is 1. The lowest BCUT2D eigenvalue weighted by Gasteiger charge is -2.25. The molecule has 7 heteroatoms. The topological polar surface area (TPSA) is 75.7 Å². The molecule has 0 radical (unpaired) electrons. The Balaban J connectivity index is 2.23. The maximum Gasteiger partial charge on any atom is 0.241 e. The van der Waals surface area contributed by atoms with Crippen molar-refractivity contribution in [3.8, 4) is 5.75 Å². The van der Waals surface area contributed by atoms with E-state index in [0.29, 0.717) is 11.4 Å². The van der Waals surface area contributed by atoms with Crippen LogP contribution < -0.4 is 14.4 Å². The van der Waals surface area contributed by atoms with Crippen molar-refractivity contribution in [2.45, 2.75) is 26.8 Å². The molecule has 2 aromatic carbocycles. The van der Waals surface area contributed by atoms with Crippen molar-refractivity contribution < 1.29 is 17.9 Å². The number of carbonyl (C=O) groups excluding carboxylic acids is 1. The van der Waals surface area contributed by atoms with Gasteiger partial charge in [-0.2, -0.15) is 0 Å². The van der Waals surface area contributed by atoms with E-state index in [1.807, 2.05) is 39.0 Å². The van der Waals surface area contributed by atoms with Crippen molar-refractivity contribution in [1.82, 2.24) is 5.32 Å². The van der Waals surface area contributed by atoms with Crippen LogP contribution in [0.3, 0.4) is 0 Å². The number of rotatable bonds is 7. The third-order valence-electron chi connectivity index (χ3n) is 4.32. The smallest absolute Gasteiger partial charge is 0.241 e. The Morgan fingerprint density at radius 2 is 1.85 bits per heavy atom. The van der Waals surface area contributed by atoms with Gasteiger partial charge in [-0.05, 0) is 44.0 Å². The molecule has 0 aliphatic rings. The number of nitrogens with one attached hydrogen (secondary N) is 1. The molecule has 0 heterocycles. The van der Waals surface area contributed by atoms with Gasteiger partial charge in [0.15, 0.2) is 0 Å². The lowest BCUT2D eigenvalue weighted by atomic mass is 10.00. The first-order valence-electron chi connectivity index (χ1n) is 8.60. The van der Waals surface area contributed by atoms with Gasteiger partial charge in [-0.3, -0.25) is 9.10 Å². The van der Waals surface area contributed by atoms with Gasteiger partial charge < -0.3 is 10.1 Å². The summed E-state index contributed by atoms with van der Waals surface area (Å²) in [4.78, 5) is 12.6. The Morgan fingerprint density at radius 3 is 2.48 bits per heavy atom. The minimum absolute atomic E-state index is 0.239. The molecule has 0 aromatic heterocycles. The standard InChI is InChI=1S/C20H26N2O4S/c1-14-10-11-15(2)17(12-14)16(3)21-20(23)13-22(27(5,24)25)18-8-6-7-9-19(18)26-4/h6-12,16H,13H2,1-5H3,(H,21,23)/t16-/m1/s1. The number of para-hydroxylation sites is 2. The third kappa shape index (κ3) is 5.23. The van der Waals surface area contributed by atoms with Crippen LogP contribution in [0.4, 0.5) is 5.69 Å². The van der Waals surface area contributed by atoms with E-state index in [-0.39, 0.29) is 18.5 Å². The predicted molar refractivity (Wildman–Crippen MR) is 108 cm³/mol. The number of hydrogen-bond donors (Lipinski definition) is 1. The van der Waals surface area contributed by atoms with E-state index >= 15 is 0 Å². The second-order valence-corrected chi connectivity index (χ2v) is 8.50. The highest BCUT2D eigenvalue weighted by atomic mass is 32.2. The molecular formula is C20H26N2O4S. The Labute approximate surface area is 161 Å². The second kappa shape index (κ2) is 8.43. The van der Waals surface area contributed by atoms with Crippen molar-refractivity contribution >= 4 is 21.6 Å². The summed E-state index contributed by atoms with van der Waals surface area (Å²) >= 11 is 0. The van der Waals surface area contributed by atoms with Crippen LogP contribution in [-0.2, 0) is 14.8 Å². The quantitative estimate of drug-likeness (QED) is 0.789. The first-order chi connectivity index (χ1) is 12.6. The molecule has 0 spiro atoms. The van der Waals surface area contributed by atoms with E-state index in [1.165, 1.54) is 7.11 Å². The number of methoxy groups -OCH3 is 1. The number of amides is 1. The molecule has 2 aromatic rings. The Bertz CT molecular complexity index is 925. The third-order valence-corrected chi connectivity index (χ3v) is 5.45. The van der Waals surface area contributed by atoms with E-state index in [0.717, 1.165) is 27.3 Å². The van der Waals surface area contributed by atoms with Gasteiger partial charge in [0.1, 0.15) is 12.3 Å². The lowest BCUT2D eigenvalue weighted by Crippen LogP contribution is -2.41. The fourth-order valence-electron chi connectivity index (χ4n) is 2.94. The van der Waals surface area contributed by atoms with Crippen molar-refractivity contribution in [3.63, 3.8) is 0 Å². The average molecular weight is 391 g/mol. The number of anilines is 1. The second-order valence-electron chi connectivity index (χ2n) is 6.59. The van der Waals surface area contributed by atoms with Crippen molar-refractivity contribution in [3.05, 3.63) is 59.2 Å². The Kier molecular flexibility index (Phi) is 6.49. The minimum atomic E-state index is -3.67. The van der Waals surface area contributed by atoms with Gasteiger partial charge in [0.2, 0.25) is 15.9 Å². The van der Waals surface area contributed by atoms with E-state index in [1.54, 1.807) is 24.3 Å². The SMILES string of the molecule is COc1ccccc1N(CC(=O)N[C@H](C)c1cc(C)ccc1C)S(C)(=O)=O. The molecule has 0 saturated carbocycles. The fourth-order valence-corrected chi connectivity index (χ4v) is 3.80. The molecular weight excluding hydrogens is 364 g/mol. The Morgan fingerprint density at radius 1 is 1.19 bits per heavy atom. The molecule has 0 unspecified atom stereocenters. The van der Waals surface area contributed by atoms with Gasteiger partial charge >= 0.3 is 0 Å². The first kappa shape index (κ1) is 20.8. The highest BCUT2D eigenvalue weighted by molar-refractivity contribution is 7.92. The van der Waals surface area contributed by atoms with Gasteiger partial charge in [-0.25, -0.2) is 8.42 Å². The summed E-state index contributed by atoms with van der Waals surface area (Å²) in [5.74, 6) is -0.00182. The zero-order valence-corrected chi connectivity index (χ0v) is 17.1. The van der Waals surface area contributed by atoms with Gasteiger partial charge in [0, 0.05) is 0 Å². The zero-order chi connectivity index (χ0) is 20.2. The zero-order valence-electron chi connectivity index (χ0n) is 16.3. The number of ether oxygens (including phenoxy) is 1. The molecule has 0 aliphatic heterocycles. The van der Waals surface area contributed by atoms with Crippen LogP contribution >= 0.6 is 0 Å². The van der Waals surface area contributed by atoms with Crippen molar-refractivity contribution in [2.75, 3.05) is 24.2 Å². The van der Waals surface area contributed by atoms with Crippen LogP contribution in [0, 0.1) is 13.8 Å². The normalized spacial score (nSPS) is 12.3. The van der Waals surface area contributed by atoms with Crippen LogP contribution in [-0.4, -0.2) is 34.2 Å². The summed E-state index contributed by atoms with van der Waals surface area (Å²) < 4.78 is 30.9. The monoisotopic (exact) mass is 390 g/mol. The first-order valence-corrected chi connectivity index (χ1v) is 10.5. The van der Waals surface area contributed by atoms with E-state index < -0.39 is 10.0 Å². The summed E-state index contributed by atoms with van der Waals surface area (Å²) in [5, 5.41) is 2.89. The molecule has 6 nitrogen and oxygen atoms in total. The highest BCUT2D eigenvalue weighted by Gasteiger charge is 2.24. The molecule has 1 atom stereocenters. The van der Waals surface area contributed by atoms with Gasteiger partial charge in [-0.15, -0.1) is 0 Å².